The second-order valence-electron chi connectivity index (χ2n) is 4.60. The standard InChI is InChI=1S/C14H14N4O/c1-10-15-16-14(17(10)2)8-18-6-5-12-7-11(9-19)3-4-13(12)18/h3-7,9H,8H2,1-2H3. The van der Waals surface area contributed by atoms with Crippen molar-refractivity contribution in [2.75, 3.05) is 0 Å². The largest absolute Gasteiger partial charge is 0.340 e. The predicted molar refractivity (Wildman–Crippen MR) is 72.2 cm³/mol. The van der Waals surface area contributed by atoms with Gasteiger partial charge in [0.2, 0.25) is 0 Å². The fourth-order valence-corrected chi connectivity index (χ4v) is 2.17. The molecule has 2 aromatic heterocycles. The first-order valence-electron chi connectivity index (χ1n) is 6.08. The molecule has 0 radical (unpaired) electrons. The maximum absolute atomic E-state index is 10.8. The van der Waals surface area contributed by atoms with E-state index in [9.17, 15) is 4.79 Å². The average molecular weight is 254 g/mol. The van der Waals surface area contributed by atoms with E-state index in [0.29, 0.717) is 12.1 Å². The van der Waals surface area contributed by atoms with Crippen molar-refractivity contribution in [1.82, 2.24) is 19.3 Å². The first-order valence-corrected chi connectivity index (χ1v) is 6.08. The van der Waals surface area contributed by atoms with Gasteiger partial charge in [0.15, 0.2) is 5.82 Å². The Bertz CT molecular complexity index is 754. The number of hydrogen-bond acceptors (Lipinski definition) is 3. The summed E-state index contributed by atoms with van der Waals surface area (Å²) in [6, 6.07) is 7.68. The maximum atomic E-state index is 10.8. The van der Waals surface area contributed by atoms with Crippen LogP contribution in [0.1, 0.15) is 22.0 Å². The molecule has 0 saturated carbocycles. The van der Waals surface area contributed by atoms with Crippen LogP contribution in [0, 0.1) is 6.92 Å². The van der Waals surface area contributed by atoms with Crippen molar-refractivity contribution in [3.63, 3.8) is 0 Å². The number of fused-ring (bicyclic) bond motifs is 1. The van der Waals surface area contributed by atoms with Crippen LogP contribution in [0.5, 0.6) is 0 Å². The van der Waals surface area contributed by atoms with Crippen molar-refractivity contribution in [1.29, 1.82) is 0 Å². The molecule has 0 aliphatic carbocycles. The molecule has 0 unspecified atom stereocenters. The molecule has 0 amide bonds. The lowest BCUT2D eigenvalue weighted by Gasteiger charge is -2.05. The normalized spacial score (nSPS) is 11.1. The van der Waals surface area contributed by atoms with Crippen LogP contribution in [0.15, 0.2) is 30.5 Å². The number of aldehydes is 1. The van der Waals surface area contributed by atoms with E-state index in [2.05, 4.69) is 14.8 Å². The number of rotatable bonds is 3. The minimum Gasteiger partial charge on any atom is -0.340 e. The molecule has 5 heteroatoms. The minimum absolute atomic E-state index is 0.668. The number of aromatic nitrogens is 4. The summed E-state index contributed by atoms with van der Waals surface area (Å²) in [5.74, 6) is 1.81. The Labute approximate surface area is 110 Å². The number of nitrogens with zero attached hydrogens (tertiary/aromatic N) is 4. The lowest BCUT2D eigenvalue weighted by atomic mass is 10.2. The Hall–Kier alpha value is -2.43. The molecule has 0 saturated heterocycles. The van der Waals surface area contributed by atoms with Crippen LogP contribution < -0.4 is 0 Å². The maximum Gasteiger partial charge on any atom is 0.152 e. The fourth-order valence-electron chi connectivity index (χ4n) is 2.17. The van der Waals surface area contributed by atoms with Crippen LogP contribution in [0.3, 0.4) is 0 Å². The van der Waals surface area contributed by atoms with Gasteiger partial charge in [0.25, 0.3) is 0 Å². The van der Waals surface area contributed by atoms with Gasteiger partial charge >= 0.3 is 0 Å². The van der Waals surface area contributed by atoms with Crippen molar-refractivity contribution >= 4 is 17.2 Å². The third-order valence-corrected chi connectivity index (χ3v) is 3.43. The summed E-state index contributed by atoms with van der Waals surface area (Å²) in [6.07, 6.45) is 2.87. The van der Waals surface area contributed by atoms with Gasteiger partial charge in [-0.25, -0.2) is 0 Å². The van der Waals surface area contributed by atoms with Gasteiger partial charge in [0.05, 0.1) is 6.54 Å². The highest BCUT2D eigenvalue weighted by Gasteiger charge is 2.08. The Morgan fingerprint density at radius 2 is 2.11 bits per heavy atom. The van der Waals surface area contributed by atoms with Crippen molar-refractivity contribution in [2.45, 2.75) is 13.5 Å². The third-order valence-electron chi connectivity index (χ3n) is 3.43. The quantitative estimate of drug-likeness (QED) is 0.671. The number of aryl methyl sites for hydroxylation is 1. The summed E-state index contributed by atoms with van der Waals surface area (Å²) in [6.45, 7) is 2.60. The van der Waals surface area contributed by atoms with Crippen molar-refractivity contribution < 1.29 is 4.79 Å². The molecule has 3 rings (SSSR count). The molecule has 19 heavy (non-hydrogen) atoms. The molecule has 1 aromatic carbocycles. The SMILES string of the molecule is Cc1nnc(Cn2ccc3cc(C=O)ccc32)n1C. The number of carbonyl (C=O) groups is 1. The zero-order valence-electron chi connectivity index (χ0n) is 10.9. The zero-order valence-corrected chi connectivity index (χ0v) is 10.9. The summed E-state index contributed by atoms with van der Waals surface area (Å²) in [5.41, 5.74) is 1.78. The van der Waals surface area contributed by atoms with Gasteiger partial charge in [-0.05, 0) is 31.2 Å². The predicted octanol–water partition coefficient (Wildman–Crippen LogP) is 1.94. The lowest BCUT2D eigenvalue weighted by molar-refractivity contribution is 0.112. The number of hydrogen-bond donors (Lipinski definition) is 0. The highest BCUT2D eigenvalue weighted by Crippen LogP contribution is 2.18. The summed E-state index contributed by atoms with van der Waals surface area (Å²) < 4.78 is 4.08. The fraction of sp³-hybridized carbons (Fsp3) is 0.214. The van der Waals surface area contributed by atoms with Gasteiger partial charge in [0.1, 0.15) is 12.1 Å². The van der Waals surface area contributed by atoms with E-state index < -0.39 is 0 Å². The van der Waals surface area contributed by atoms with Gasteiger partial charge in [-0.1, -0.05) is 0 Å². The van der Waals surface area contributed by atoms with Gasteiger partial charge in [-0.15, -0.1) is 10.2 Å². The summed E-state index contributed by atoms with van der Waals surface area (Å²) in [5, 5.41) is 9.28. The summed E-state index contributed by atoms with van der Waals surface area (Å²) in [7, 11) is 1.96. The van der Waals surface area contributed by atoms with Crippen LogP contribution in [0.4, 0.5) is 0 Å². The molecule has 0 bridgehead atoms. The van der Waals surface area contributed by atoms with E-state index in [0.717, 1.165) is 28.8 Å². The lowest BCUT2D eigenvalue weighted by Crippen LogP contribution is -2.05. The Morgan fingerprint density at radius 3 is 2.79 bits per heavy atom. The van der Waals surface area contributed by atoms with Crippen LogP contribution in [0.25, 0.3) is 10.9 Å². The van der Waals surface area contributed by atoms with E-state index in [4.69, 9.17) is 0 Å². The highest BCUT2D eigenvalue weighted by molar-refractivity contribution is 5.87. The topological polar surface area (TPSA) is 52.7 Å². The molecular formula is C14H14N4O. The molecule has 0 N–H and O–H groups in total. The first kappa shape index (κ1) is 11.6. The van der Waals surface area contributed by atoms with Crippen LogP contribution in [0.2, 0.25) is 0 Å². The molecule has 0 aliphatic heterocycles. The van der Waals surface area contributed by atoms with E-state index in [1.165, 1.54) is 0 Å². The van der Waals surface area contributed by atoms with Crippen LogP contribution in [-0.4, -0.2) is 25.6 Å². The minimum atomic E-state index is 0.668. The van der Waals surface area contributed by atoms with Gasteiger partial charge in [-0.2, -0.15) is 0 Å². The molecule has 5 nitrogen and oxygen atoms in total. The Balaban J connectivity index is 2.02. The zero-order chi connectivity index (χ0) is 13.4. The molecule has 3 aromatic rings. The van der Waals surface area contributed by atoms with E-state index in [1.54, 1.807) is 0 Å². The van der Waals surface area contributed by atoms with Crippen LogP contribution in [-0.2, 0) is 13.6 Å². The third kappa shape index (κ3) is 1.93. The molecule has 2 heterocycles. The summed E-state index contributed by atoms with van der Waals surface area (Å²) >= 11 is 0. The van der Waals surface area contributed by atoms with E-state index in [-0.39, 0.29) is 0 Å². The second kappa shape index (κ2) is 4.35. The molecule has 96 valence electrons. The average Bonchev–Trinajstić information content (AvgIpc) is 2.97. The summed E-state index contributed by atoms with van der Waals surface area (Å²) in [4.78, 5) is 10.8. The van der Waals surface area contributed by atoms with Gasteiger partial charge in [0, 0.05) is 29.7 Å². The van der Waals surface area contributed by atoms with Crippen LogP contribution >= 0.6 is 0 Å². The second-order valence-corrected chi connectivity index (χ2v) is 4.60. The molecule has 0 atom stereocenters. The monoisotopic (exact) mass is 254 g/mol. The molecule has 0 aliphatic rings. The number of carbonyl (C=O) groups excluding carboxylic acids is 1. The molecular weight excluding hydrogens is 240 g/mol. The Morgan fingerprint density at radius 1 is 1.26 bits per heavy atom. The number of benzene rings is 1. The van der Waals surface area contributed by atoms with Gasteiger partial charge < -0.3 is 9.13 Å². The highest BCUT2D eigenvalue weighted by atomic mass is 16.1. The van der Waals surface area contributed by atoms with Crippen molar-refractivity contribution in [3.8, 4) is 0 Å². The van der Waals surface area contributed by atoms with Crippen molar-refractivity contribution in [3.05, 3.63) is 47.7 Å². The van der Waals surface area contributed by atoms with Crippen molar-refractivity contribution in [2.24, 2.45) is 7.05 Å². The smallest absolute Gasteiger partial charge is 0.152 e. The molecule has 0 spiro atoms. The van der Waals surface area contributed by atoms with Gasteiger partial charge in [-0.3, -0.25) is 4.79 Å². The van der Waals surface area contributed by atoms with E-state index in [1.807, 2.05) is 49.0 Å². The first-order chi connectivity index (χ1) is 9.19. The Kier molecular flexibility index (Phi) is 2.67. The van der Waals surface area contributed by atoms with E-state index >= 15 is 0 Å². The molecule has 0 fully saturated rings.